The third-order valence-electron chi connectivity index (χ3n) is 2.82. The minimum Gasteiger partial charge on any atom is -0.340 e. The summed E-state index contributed by atoms with van der Waals surface area (Å²) in [5, 5.41) is 3.38. The number of hydrogen-bond donors (Lipinski definition) is 0. The Morgan fingerprint density at radius 3 is 2.41 bits per heavy atom. The van der Waals surface area contributed by atoms with Gasteiger partial charge in [0.1, 0.15) is 0 Å². The van der Waals surface area contributed by atoms with E-state index in [1.54, 1.807) is 21.7 Å². The third-order valence-corrected chi connectivity index (χ3v) is 5.54. The van der Waals surface area contributed by atoms with Crippen LogP contribution in [0.15, 0.2) is 21.7 Å². The first-order valence-corrected chi connectivity index (χ1v) is 7.68. The fourth-order valence-electron chi connectivity index (χ4n) is 1.79. The van der Waals surface area contributed by atoms with E-state index in [0.29, 0.717) is 31.1 Å². The summed E-state index contributed by atoms with van der Waals surface area (Å²) in [6.07, 6.45) is 0. The van der Waals surface area contributed by atoms with Gasteiger partial charge < -0.3 is 4.90 Å². The van der Waals surface area contributed by atoms with Crippen molar-refractivity contribution >= 4 is 27.3 Å². The van der Waals surface area contributed by atoms with E-state index in [0.717, 1.165) is 0 Å². The lowest BCUT2D eigenvalue weighted by Gasteiger charge is -2.33. The van der Waals surface area contributed by atoms with Crippen LogP contribution in [-0.4, -0.2) is 49.7 Å². The second-order valence-electron chi connectivity index (χ2n) is 3.87. The van der Waals surface area contributed by atoms with Gasteiger partial charge in [-0.3, -0.25) is 4.79 Å². The molecule has 1 saturated heterocycles. The summed E-state index contributed by atoms with van der Waals surface area (Å²) in [6, 6.07) is 1.61. The molecule has 1 aromatic rings. The Labute approximate surface area is 105 Å². The topological polar surface area (TPSA) is 57.7 Å². The highest BCUT2D eigenvalue weighted by Gasteiger charge is 2.29. The van der Waals surface area contributed by atoms with Crippen molar-refractivity contribution in [2.45, 2.75) is 11.8 Å². The second kappa shape index (κ2) is 4.75. The summed E-state index contributed by atoms with van der Waals surface area (Å²) < 4.78 is 25.7. The summed E-state index contributed by atoms with van der Waals surface area (Å²) in [4.78, 5) is 13.2. The summed E-state index contributed by atoms with van der Waals surface area (Å²) in [5.41, 5.74) is 0. The highest BCUT2D eigenvalue weighted by atomic mass is 32.2. The fourth-order valence-corrected chi connectivity index (χ4v) is 4.23. The van der Waals surface area contributed by atoms with E-state index in [9.17, 15) is 13.2 Å². The third kappa shape index (κ3) is 2.51. The SMILES string of the molecule is CC(=O)N1CCN(S(=O)(=O)c2ccsc2)CC1. The smallest absolute Gasteiger partial charge is 0.244 e. The van der Waals surface area contributed by atoms with Crippen LogP contribution in [0.25, 0.3) is 0 Å². The first-order valence-electron chi connectivity index (χ1n) is 5.29. The van der Waals surface area contributed by atoms with Crippen molar-refractivity contribution in [2.24, 2.45) is 0 Å². The molecule has 7 heteroatoms. The average Bonchev–Trinajstić information content (AvgIpc) is 2.83. The van der Waals surface area contributed by atoms with Crippen LogP contribution in [0.2, 0.25) is 0 Å². The van der Waals surface area contributed by atoms with Gasteiger partial charge >= 0.3 is 0 Å². The van der Waals surface area contributed by atoms with Crippen LogP contribution >= 0.6 is 11.3 Å². The standard InChI is InChI=1S/C10H14N2O3S2/c1-9(13)11-3-5-12(6-4-11)17(14,15)10-2-7-16-8-10/h2,7-8H,3-6H2,1H3. The van der Waals surface area contributed by atoms with Crippen LogP contribution < -0.4 is 0 Å². The molecule has 0 atom stereocenters. The van der Waals surface area contributed by atoms with E-state index >= 15 is 0 Å². The fraction of sp³-hybridized carbons (Fsp3) is 0.500. The normalized spacial score (nSPS) is 18.3. The molecule has 2 heterocycles. The molecule has 0 saturated carbocycles. The molecule has 94 valence electrons. The molecule has 1 amide bonds. The van der Waals surface area contributed by atoms with E-state index in [1.807, 2.05) is 0 Å². The highest BCUT2D eigenvalue weighted by Crippen LogP contribution is 2.19. The summed E-state index contributed by atoms with van der Waals surface area (Å²) in [6.45, 7) is 3.19. The lowest BCUT2D eigenvalue weighted by atomic mass is 10.3. The van der Waals surface area contributed by atoms with Crippen LogP contribution in [0, 0.1) is 0 Å². The number of hydrogen-bond acceptors (Lipinski definition) is 4. The van der Waals surface area contributed by atoms with E-state index in [1.165, 1.54) is 22.6 Å². The zero-order valence-electron chi connectivity index (χ0n) is 9.50. The van der Waals surface area contributed by atoms with Gasteiger partial charge in [-0.25, -0.2) is 8.42 Å². The van der Waals surface area contributed by atoms with Gasteiger partial charge in [0.25, 0.3) is 0 Å². The van der Waals surface area contributed by atoms with Crippen molar-refractivity contribution in [1.82, 2.24) is 9.21 Å². The van der Waals surface area contributed by atoms with Crippen LogP contribution in [-0.2, 0) is 14.8 Å². The number of amides is 1. The quantitative estimate of drug-likeness (QED) is 0.793. The number of carbonyl (C=O) groups is 1. The van der Waals surface area contributed by atoms with Crippen molar-refractivity contribution in [1.29, 1.82) is 0 Å². The Morgan fingerprint density at radius 2 is 1.94 bits per heavy atom. The number of nitrogens with zero attached hydrogens (tertiary/aromatic N) is 2. The first kappa shape index (κ1) is 12.5. The van der Waals surface area contributed by atoms with Gasteiger partial charge in [0.2, 0.25) is 15.9 Å². The maximum Gasteiger partial charge on any atom is 0.244 e. The van der Waals surface area contributed by atoms with Crippen LogP contribution in [0.3, 0.4) is 0 Å². The summed E-state index contributed by atoms with van der Waals surface area (Å²) in [7, 11) is -3.36. The molecule has 1 fully saturated rings. The second-order valence-corrected chi connectivity index (χ2v) is 6.59. The molecule has 1 aliphatic rings. The molecule has 5 nitrogen and oxygen atoms in total. The van der Waals surface area contributed by atoms with Crippen LogP contribution in [0.1, 0.15) is 6.92 Å². The van der Waals surface area contributed by atoms with Gasteiger partial charge in [-0.1, -0.05) is 0 Å². The molecule has 0 bridgehead atoms. The van der Waals surface area contributed by atoms with Gasteiger partial charge in [0, 0.05) is 38.5 Å². The molecule has 0 unspecified atom stereocenters. The minimum absolute atomic E-state index is 0.00224. The molecule has 0 aromatic carbocycles. The Morgan fingerprint density at radius 1 is 1.29 bits per heavy atom. The zero-order chi connectivity index (χ0) is 12.5. The zero-order valence-corrected chi connectivity index (χ0v) is 11.1. The minimum atomic E-state index is -3.36. The molecule has 0 radical (unpaired) electrons. The lowest BCUT2D eigenvalue weighted by molar-refractivity contribution is -0.129. The van der Waals surface area contributed by atoms with Crippen LogP contribution in [0.5, 0.6) is 0 Å². The molecule has 1 aliphatic heterocycles. The largest absolute Gasteiger partial charge is 0.340 e. The number of piperazine rings is 1. The van der Waals surface area contributed by atoms with Crippen molar-refractivity contribution in [2.75, 3.05) is 26.2 Å². The molecular formula is C10H14N2O3S2. The average molecular weight is 274 g/mol. The first-order chi connectivity index (χ1) is 8.01. The summed E-state index contributed by atoms with van der Waals surface area (Å²) >= 11 is 1.37. The van der Waals surface area contributed by atoms with Gasteiger partial charge in [0.05, 0.1) is 4.90 Å². The van der Waals surface area contributed by atoms with E-state index in [-0.39, 0.29) is 5.91 Å². The maximum atomic E-state index is 12.2. The Balaban J connectivity index is 2.09. The van der Waals surface area contributed by atoms with E-state index in [2.05, 4.69) is 0 Å². The van der Waals surface area contributed by atoms with Crippen molar-refractivity contribution in [3.63, 3.8) is 0 Å². The van der Waals surface area contributed by atoms with Gasteiger partial charge in [0.15, 0.2) is 0 Å². The molecule has 0 spiro atoms. The predicted molar refractivity (Wildman–Crippen MR) is 65.3 cm³/mol. The number of sulfonamides is 1. The molecule has 1 aromatic heterocycles. The monoisotopic (exact) mass is 274 g/mol. The maximum absolute atomic E-state index is 12.2. The van der Waals surface area contributed by atoms with Gasteiger partial charge in [-0.2, -0.15) is 15.6 Å². The van der Waals surface area contributed by atoms with Crippen molar-refractivity contribution in [3.05, 3.63) is 16.8 Å². The number of rotatable bonds is 2. The summed E-state index contributed by atoms with van der Waals surface area (Å²) in [5.74, 6) is -0.00224. The molecule has 0 N–H and O–H groups in total. The highest BCUT2D eigenvalue weighted by molar-refractivity contribution is 7.89. The van der Waals surface area contributed by atoms with Crippen molar-refractivity contribution < 1.29 is 13.2 Å². The van der Waals surface area contributed by atoms with Crippen LogP contribution in [0.4, 0.5) is 0 Å². The lowest BCUT2D eigenvalue weighted by Crippen LogP contribution is -2.49. The van der Waals surface area contributed by atoms with Crippen molar-refractivity contribution in [3.8, 4) is 0 Å². The number of carbonyl (C=O) groups excluding carboxylic acids is 1. The molecule has 2 rings (SSSR count). The molecule has 17 heavy (non-hydrogen) atoms. The predicted octanol–water partition coefficient (Wildman–Crippen LogP) is 0.601. The van der Waals surface area contributed by atoms with Gasteiger partial charge in [-0.05, 0) is 11.4 Å². The van der Waals surface area contributed by atoms with E-state index < -0.39 is 10.0 Å². The van der Waals surface area contributed by atoms with Gasteiger partial charge in [-0.15, -0.1) is 0 Å². The Bertz CT molecular complexity index is 488. The number of thiophene rings is 1. The van der Waals surface area contributed by atoms with E-state index in [4.69, 9.17) is 0 Å². The Kier molecular flexibility index (Phi) is 3.50. The Hall–Kier alpha value is -0.920. The molecular weight excluding hydrogens is 260 g/mol. The molecule has 0 aliphatic carbocycles.